The first-order chi connectivity index (χ1) is 18.2. The van der Waals surface area contributed by atoms with Crippen molar-refractivity contribution in [1.82, 2.24) is 10.2 Å². The van der Waals surface area contributed by atoms with E-state index in [-0.39, 0.29) is 11.2 Å². The van der Waals surface area contributed by atoms with Gasteiger partial charge in [-0.2, -0.15) is 5.26 Å². The number of thioether (sulfide) groups is 1. The molecule has 0 bridgehead atoms. The van der Waals surface area contributed by atoms with Gasteiger partial charge in [0.15, 0.2) is 10.1 Å². The molecule has 1 aliphatic heterocycles. The molecule has 0 fully saturated rings. The molecule has 1 aliphatic carbocycles. The number of hydrogen-bond donors (Lipinski definition) is 1. The molecule has 3 aromatic rings. The van der Waals surface area contributed by atoms with Gasteiger partial charge in [0.2, 0.25) is 5.13 Å². The van der Waals surface area contributed by atoms with Crippen LogP contribution in [0.4, 0.5) is 5.13 Å². The fraction of sp³-hybridized carbons (Fsp3) is 0.333. The number of ketones is 1. The molecule has 5 rings (SSSR count). The maximum Gasteiger partial charge on any atom is 0.219 e. The van der Waals surface area contributed by atoms with E-state index in [0.29, 0.717) is 40.9 Å². The Bertz CT molecular complexity index is 1460. The Kier molecular flexibility index (Phi) is 7.17. The smallest absolute Gasteiger partial charge is 0.219 e. The van der Waals surface area contributed by atoms with Crippen LogP contribution in [0.5, 0.6) is 0 Å². The summed E-state index contributed by atoms with van der Waals surface area (Å²) in [6, 6.07) is 20.8. The predicted molar refractivity (Wildman–Crippen MR) is 154 cm³/mol. The second kappa shape index (κ2) is 10.4. The summed E-state index contributed by atoms with van der Waals surface area (Å²) < 4.78 is 0.810. The van der Waals surface area contributed by atoms with E-state index in [1.54, 1.807) is 11.8 Å². The molecule has 6 nitrogen and oxygen atoms in total. The highest BCUT2D eigenvalue weighted by Gasteiger charge is 2.45. The Hall–Kier alpha value is -3.41. The molecular formula is C30H31N5OS2. The van der Waals surface area contributed by atoms with Crippen LogP contribution in [-0.4, -0.2) is 16.0 Å². The lowest BCUT2D eigenvalue weighted by molar-refractivity contribution is -0.118. The lowest BCUT2D eigenvalue weighted by atomic mass is 9.68. The first kappa shape index (κ1) is 26.2. The quantitative estimate of drug-likeness (QED) is 0.339. The van der Waals surface area contributed by atoms with E-state index in [1.807, 2.05) is 35.2 Å². The molecule has 2 heterocycles. The lowest BCUT2D eigenvalue weighted by Crippen LogP contribution is -2.42. The average Bonchev–Trinajstić information content (AvgIpc) is 3.35. The molecule has 1 unspecified atom stereocenters. The largest absolute Gasteiger partial charge is 0.384 e. The number of aromatic nitrogens is 2. The van der Waals surface area contributed by atoms with Gasteiger partial charge in [0.25, 0.3) is 0 Å². The van der Waals surface area contributed by atoms with Crippen LogP contribution in [0.25, 0.3) is 0 Å². The summed E-state index contributed by atoms with van der Waals surface area (Å²) in [7, 11) is 0. The third-order valence-electron chi connectivity index (χ3n) is 7.11. The molecule has 2 aromatic carbocycles. The molecule has 2 aliphatic rings. The highest BCUT2D eigenvalue weighted by Crippen LogP contribution is 2.50. The molecule has 38 heavy (non-hydrogen) atoms. The van der Waals surface area contributed by atoms with Gasteiger partial charge in [-0.25, -0.2) is 0 Å². The van der Waals surface area contributed by atoms with E-state index in [1.165, 1.54) is 22.5 Å². The maximum absolute atomic E-state index is 13.7. The van der Waals surface area contributed by atoms with Crippen molar-refractivity contribution in [2.24, 2.45) is 11.1 Å². The Morgan fingerprint density at radius 2 is 1.84 bits per heavy atom. The molecule has 8 heteroatoms. The Morgan fingerprint density at radius 1 is 1.13 bits per heavy atom. The van der Waals surface area contributed by atoms with Gasteiger partial charge in [0.05, 0.1) is 17.6 Å². The minimum absolute atomic E-state index is 0.0580. The van der Waals surface area contributed by atoms with Crippen LogP contribution >= 0.6 is 23.1 Å². The Balaban J connectivity index is 1.57. The summed E-state index contributed by atoms with van der Waals surface area (Å²) in [5.74, 6) is 1.06. The zero-order valence-corrected chi connectivity index (χ0v) is 23.7. The van der Waals surface area contributed by atoms with Crippen molar-refractivity contribution >= 4 is 34.0 Å². The van der Waals surface area contributed by atoms with E-state index in [2.05, 4.69) is 68.2 Å². The summed E-state index contributed by atoms with van der Waals surface area (Å²) in [6.07, 6.45) is 1.08. The fourth-order valence-corrected chi connectivity index (χ4v) is 7.04. The first-order valence-electron chi connectivity index (χ1n) is 12.7. The lowest BCUT2D eigenvalue weighted by Gasteiger charge is -2.42. The summed E-state index contributed by atoms with van der Waals surface area (Å²) in [5.41, 5.74) is 11.7. The van der Waals surface area contributed by atoms with Crippen LogP contribution in [0.15, 0.2) is 81.6 Å². The van der Waals surface area contributed by atoms with Crippen LogP contribution in [0, 0.1) is 16.7 Å². The maximum atomic E-state index is 13.7. The highest BCUT2D eigenvalue weighted by molar-refractivity contribution is 8.00. The van der Waals surface area contributed by atoms with E-state index in [0.717, 1.165) is 21.4 Å². The van der Waals surface area contributed by atoms with Crippen LogP contribution in [-0.2, 0) is 10.5 Å². The minimum Gasteiger partial charge on any atom is -0.384 e. The number of nitrogens with zero attached hydrogens (tertiary/aromatic N) is 4. The average molecular weight is 542 g/mol. The Morgan fingerprint density at radius 3 is 2.50 bits per heavy atom. The van der Waals surface area contributed by atoms with Gasteiger partial charge >= 0.3 is 0 Å². The van der Waals surface area contributed by atoms with Crippen molar-refractivity contribution in [2.75, 3.05) is 4.90 Å². The SMILES string of the molecule is CC(C)c1ccc(C2C(C#N)=C(N)N(c3nnc(SCc4ccccc4)s3)C3=C2C(=O)CC(C)(C)C3)cc1. The van der Waals surface area contributed by atoms with Gasteiger partial charge < -0.3 is 5.73 Å². The van der Waals surface area contributed by atoms with Gasteiger partial charge in [0, 0.05) is 23.4 Å². The molecule has 2 N–H and O–H groups in total. The predicted octanol–water partition coefficient (Wildman–Crippen LogP) is 6.89. The van der Waals surface area contributed by atoms with Gasteiger partial charge in [-0.15, -0.1) is 10.2 Å². The summed E-state index contributed by atoms with van der Waals surface area (Å²) in [6.45, 7) is 8.49. The number of benzene rings is 2. The minimum atomic E-state index is -0.490. The summed E-state index contributed by atoms with van der Waals surface area (Å²) >= 11 is 3.04. The summed E-state index contributed by atoms with van der Waals surface area (Å²) in [5, 5.41) is 19.8. The second-order valence-electron chi connectivity index (χ2n) is 10.9. The molecule has 1 aromatic heterocycles. The molecule has 0 radical (unpaired) electrons. The van der Waals surface area contributed by atoms with Gasteiger partial charge in [0.1, 0.15) is 5.82 Å². The van der Waals surface area contributed by atoms with Crippen molar-refractivity contribution in [3.05, 3.63) is 94.0 Å². The molecular weight excluding hydrogens is 510 g/mol. The summed E-state index contributed by atoms with van der Waals surface area (Å²) in [4.78, 5) is 15.5. The monoisotopic (exact) mass is 541 g/mol. The third-order valence-corrected chi connectivity index (χ3v) is 9.22. The van der Waals surface area contributed by atoms with Gasteiger partial charge in [-0.3, -0.25) is 9.69 Å². The Labute approximate surface area is 232 Å². The number of Topliss-reactive ketones (excluding diaryl/α,β-unsaturated/α-hetero) is 1. The number of anilines is 1. The molecule has 0 amide bonds. The normalized spacial score (nSPS) is 19.1. The zero-order valence-electron chi connectivity index (χ0n) is 22.1. The molecule has 0 spiro atoms. The molecule has 1 atom stereocenters. The highest BCUT2D eigenvalue weighted by atomic mass is 32.2. The third kappa shape index (κ3) is 5.01. The molecule has 194 valence electrons. The van der Waals surface area contributed by atoms with Crippen molar-refractivity contribution in [2.45, 2.75) is 62.5 Å². The number of rotatable bonds is 6. The van der Waals surface area contributed by atoms with Crippen LogP contribution in [0.2, 0.25) is 0 Å². The number of nitriles is 1. The standard InChI is InChI=1S/C30H31N5OS2/c1-18(2)20-10-12-21(13-11-20)25-22(16-31)27(32)35(23-14-30(3,4)15-24(36)26(23)25)28-33-34-29(38-28)37-17-19-8-6-5-7-9-19/h5-13,18,25H,14-15,17,32H2,1-4H3. The van der Waals surface area contributed by atoms with E-state index in [4.69, 9.17) is 5.73 Å². The zero-order chi connectivity index (χ0) is 27.0. The van der Waals surface area contributed by atoms with E-state index < -0.39 is 5.92 Å². The van der Waals surface area contributed by atoms with Crippen molar-refractivity contribution in [1.29, 1.82) is 5.26 Å². The van der Waals surface area contributed by atoms with Crippen LogP contribution in [0.1, 0.15) is 69.1 Å². The molecule has 0 saturated carbocycles. The topological polar surface area (TPSA) is 95.9 Å². The first-order valence-corrected chi connectivity index (χ1v) is 14.5. The number of nitrogens with two attached hydrogens (primary N) is 1. The second-order valence-corrected chi connectivity index (χ2v) is 13.1. The number of hydrogen-bond acceptors (Lipinski definition) is 8. The molecule has 0 saturated heterocycles. The number of carbonyl (C=O) groups is 1. The number of carbonyl (C=O) groups excluding carboxylic acids is 1. The fourth-order valence-electron chi connectivity index (χ4n) is 5.20. The van der Waals surface area contributed by atoms with Crippen molar-refractivity contribution in [3.8, 4) is 6.07 Å². The van der Waals surface area contributed by atoms with Crippen molar-refractivity contribution < 1.29 is 4.79 Å². The number of allylic oxidation sites excluding steroid dienone is 3. The van der Waals surface area contributed by atoms with E-state index >= 15 is 0 Å². The van der Waals surface area contributed by atoms with Gasteiger partial charge in [-0.1, -0.05) is 105 Å². The van der Waals surface area contributed by atoms with E-state index in [9.17, 15) is 10.1 Å². The van der Waals surface area contributed by atoms with Crippen molar-refractivity contribution in [3.63, 3.8) is 0 Å². The van der Waals surface area contributed by atoms with Gasteiger partial charge in [-0.05, 0) is 34.4 Å². The van der Waals surface area contributed by atoms with Crippen LogP contribution < -0.4 is 10.6 Å². The van der Waals surface area contributed by atoms with Crippen LogP contribution in [0.3, 0.4) is 0 Å².